The molecule has 0 saturated carbocycles. The fourth-order valence-corrected chi connectivity index (χ4v) is 1.01. The molecule has 0 aliphatic heterocycles. The number of benzene rings is 1. The standard InChI is InChI=1S/C8H11N3O/c1-6(10-9)7-4-2-3-5-8(7)11-12/h2-5,11-12H,9H2,1H3/p+1. The first-order chi connectivity index (χ1) is 5.79. The Morgan fingerprint density at radius 1 is 1.50 bits per heavy atom. The van der Waals surface area contributed by atoms with E-state index < -0.39 is 0 Å². The third-order valence-electron chi connectivity index (χ3n) is 1.68. The summed E-state index contributed by atoms with van der Waals surface area (Å²) in [5.41, 5.74) is 3.33. The summed E-state index contributed by atoms with van der Waals surface area (Å²) in [5, 5.41) is 12.4. The molecule has 0 aromatic heterocycles. The van der Waals surface area contributed by atoms with E-state index in [0.717, 1.165) is 16.7 Å². The van der Waals surface area contributed by atoms with E-state index >= 15 is 0 Å². The minimum absolute atomic E-state index is 0.705. The van der Waals surface area contributed by atoms with Crippen LogP contribution in [0.25, 0.3) is 0 Å². The van der Waals surface area contributed by atoms with Crippen molar-refractivity contribution in [3.05, 3.63) is 29.8 Å². The second-order valence-corrected chi connectivity index (χ2v) is 2.43. The third kappa shape index (κ3) is 1.61. The van der Waals surface area contributed by atoms with Crippen molar-refractivity contribution in [1.82, 2.24) is 0 Å². The molecule has 12 heavy (non-hydrogen) atoms. The molecule has 0 aliphatic rings. The van der Waals surface area contributed by atoms with Crippen molar-refractivity contribution in [1.29, 1.82) is 0 Å². The fourth-order valence-electron chi connectivity index (χ4n) is 1.01. The molecule has 1 aromatic carbocycles. The van der Waals surface area contributed by atoms with Gasteiger partial charge < -0.3 is 5.84 Å². The zero-order valence-corrected chi connectivity index (χ0v) is 6.86. The van der Waals surface area contributed by atoms with Crippen LogP contribution >= 0.6 is 0 Å². The van der Waals surface area contributed by atoms with Gasteiger partial charge in [0.1, 0.15) is 0 Å². The van der Waals surface area contributed by atoms with Gasteiger partial charge in [0.2, 0.25) is 0 Å². The Hall–Kier alpha value is -1.39. The largest absolute Gasteiger partial charge is 0.323 e. The minimum atomic E-state index is 0.705. The van der Waals surface area contributed by atoms with Crippen LogP contribution in [0.3, 0.4) is 0 Å². The third-order valence-corrected chi connectivity index (χ3v) is 1.68. The normalized spacial score (nSPS) is 11.7. The zero-order chi connectivity index (χ0) is 8.97. The number of para-hydroxylation sites is 1. The van der Waals surface area contributed by atoms with Crippen LogP contribution in [0.1, 0.15) is 12.5 Å². The molecular weight excluding hydrogens is 154 g/mol. The molecule has 0 bridgehead atoms. The van der Waals surface area contributed by atoms with Gasteiger partial charge in [-0.25, -0.2) is 5.21 Å². The summed E-state index contributed by atoms with van der Waals surface area (Å²) in [6.07, 6.45) is 0. The predicted octanol–water partition coefficient (Wildman–Crippen LogP) is -0.0466. The van der Waals surface area contributed by atoms with E-state index in [1.165, 1.54) is 0 Å². The van der Waals surface area contributed by atoms with Crippen LogP contribution in [-0.2, 0) is 0 Å². The van der Waals surface area contributed by atoms with E-state index in [0.29, 0.717) is 5.71 Å². The molecule has 0 amide bonds. The molecule has 0 spiro atoms. The Kier molecular flexibility index (Phi) is 2.79. The molecular formula is C8H12N3O+. The summed E-state index contributed by atoms with van der Waals surface area (Å²) >= 11 is 0. The van der Waals surface area contributed by atoms with Crippen LogP contribution in [0.15, 0.2) is 29.4 Å². The van der Waals surface area contributed by atoms with Gasteiger partial charge in [0.15, 0.2) is 5.69 Å². The van der Waals surface area contributed by atoms with E-state index in [2.05, 4.69) is 5.10 Å². The van der Waals surface area contributed by atoms with E-state index in [9.17, 15) is 0 Å². The molecule has 0 aliphatic carbocycles. The number of hydrogen-bond acceptors (Lipinski definition) is 3. The van der Waals surface area contributed by atoms with Crippen LogP contribution in [0.4, 0.5) is 5.69 Å². The van der Waals surface area contributed by atoms with Crippen molar-refractivity contribution in [3.8, 4) is 0 Å². The zero-order valence-electron chi connectivity index (χ0n) is 6.86. The molecule has 0 unspecified atom stereocenters. The maximum absolute atomic E-state index is 8.84. The van der Waals surface area contributed by atoms with E-state index in [1.54, 1.807) is 13.0 Å². The topological polar surface area (TPSA) is 75.2 Å². The lowest BCUT2D eigenvalue weighted by Crippen LogP contribution is -2.74. The van der Waals surface area contributed by atoms with Gasteiger partial charge in [-0.3, -0.25) is 0 Å². The molecule has 0 atom stereocenters. The van der Waals surface area contributed by atoms with Crippen molar-refractivity contribution < 1.29 is 10.7 Å². The van der Waals surface area contributed by atoms with Gasteiger partial charge in [-0.15, -0.1) is 0 Å². The van der Waals surface area contributed by atoms with Crippen LogP contribution in [0.2, 0.25) is 0 Å². The number of nitrogens with zero attached hydrogens (tertiary/aromatic N) is 1. The highest BCUT2D eigenvalue weighted by Crippen LogP contribution is 2.09. The van der Waals surface area contributed by atoms with Crippen LogP contribution in [-0.4, -0.2) is 10.9 Å². The Morgan fingerprint density at radius 2 is 2.17 bits per heavy atom. The molecule has 4 nitrogen and oxygen atoms in total. The van der Waals surface area contributed by atoms with Gasteiger partial charge in [-0.2, -0.15) is 10.6 Å². The summed E-state index contributed by atoms with van der Waals surface area (Å²) in [6.45, 7) is 1.79. The van der Waals surface area contributed by atoms with Gasteiger partial charge in [-0.05, 0) is 13.0 Å². The van der Waals surface area contributed by atoms with Crippen molar-refractivity contribution in [2.45, 2.75) is 6.92 Å². The van der Waals surface area contributed by atoms with Gasteiger partial charge in [-0.1, -0.05) is 12.1 Å². The summed E-state index contributed by atoms with van der Waals surface area (Å²) < 4.78 is 0. The minimum Gasteiger partial charge on any atom is -0.323 e. The highest BCUT2D eigenvalue weighted by atomic mass is 16.5. The summed E-state index contributed by atoms with van der Waals surface area (Å²) in [5.74, 6) is 5.12. The second kappa shape index (κ2) is 3.85. The Bertz CT molecular complexity index is 296. The molecule has 1 rings (SSSR count). The summed E-state index contributed by atoms with van der Waals surface area (Å²) in [7, 11) is 0. The first-order valence-corrected chi connectivity index (χ1v) is 3.61. The van der Waals surface area contributed by atoms with E-state index in [4.69, 9.17) is 11.0 Å². The maximum atomic E-state index is 8.84. The van der Waals surface area contributed by atoms with Crippen molar-refractivity contribution in [3.63, 3.8) is 0 Å². The van der Waals surface area contributed by atoms with E-state index in [1.807, 2.05) is 18.2 Å². The van der Waals surface area contributed by atoms with Crippen LogP contribution < -0.4 is 11.3 Å². The first kappa shape index (κ1) is 8.70. The SMILES string of the molecule is CC(=NN)c1ccccc1[NH2+]O. The lowest BCUT2D eigenvalue weighted by Gasteiger charge is -2.00. The Labute approximate surface area is 70.7 Å². The summed E-state index contributed by atoms with van der Waals surface area (Å²) in [4.78, 5) is 0. The summed E-state index contributed by atoms with van der Waals surface area (Å²) in [6, 6.07) is 7.37. The lowest BCUT2D eigenvalue weighted by atomic mass is 10.1. The molecule has 1 aromatic rings. The smallest absolute Gasteiger partial charge is 0.170 e. The van der Waals surface area contributed by atoms with Crippen molar-refractivity contribution in [2.24, 2.45) is 10.9 Å². The lowest BCUT2D eigenvalue weighted by molar-refractivity contribution is -0.825. The van der Waals surface area contributed by atoms with Crippen LogP contribution in [0, 0.1) is 0 Å². The highest BCUT2D eigenvalue weighted by molar-refractivity contribution is 6.01. The van der Waals surface area contributed by atoms with Gasteiger partial charge in [0, 0.05) is 6.07 Å². The number of nitrogens with two attached hydrogens (primary N) is 2. The number of rotatable bonds is 2. The van der Waals surface area contributed by atoms with Crippen molar-refractivity contribution in [2.75, 3.05) is 0 Å². The Balaban J connectivity index is 3.13. The molecule has 0 saturated heterocycles. The number of hydrogen-bond donors (Lipinski definition) is 3. The van der Waals surface area contributed by atoms with Gasteiger partial charge in [0.25, 0.3) is 0 Å². The first-order valence-electron chi connectivity index (χ1n) is 3.61. The van der Waals surface area contributed by atoms with Gasteiger partial charge >= 0.3 is 0 Å². The van der Waals surface area contributed by atoms with E-state index in [-0.39, 0.29) is 0 Å². The van der Waals surface area contributed by atoms with Crippen LogP contribution in [0.5, 0.6) is 0 Å². The van der Waals surface area contributed by atoms with Gasteiger partial charge in [0.05, 0.1) is 11.3 Å². The predicted molar refractivity (Wildman–Crippen MR) is 46.2 cm³/mol. The highest BCUT2D eigenvalue weighted by Gasteiger charge is 2.06. The number of hydrazone groups is 1. The number of quaternary nitrogens is 1. The monoisotopic (exact) mass is 166 g/mol. The van der Waals surface area contributed by atoms with Crippen molar-refractivity contribution >= 4 is 11.4 Å². The quantitative estimate of drug-likeness (QED) is 0.249. The fraction of sp³-hybridized carbons (Fsp3) is 0.125. The molecule has 0 radical (unpaired) electrons. The average Bonchev–Trinajstić information content (AvgIpc) is 2.16. The Morgan fingerprint density at radius 3 is 2.75 bits per heavy atom. The average molecular weight is 166 g/mol. The second-order valence-electron chi connectivity index (χ2n) is 2.43. The molecule has 0 fully saturated rings. The molecule has 5 N–H and O–H groups in total. The molecule has 64 valence electrons. The molecule has 4 heteroatoms. The maximum Gasteiger partial charge on any atom is 0.170 e. The molecule has 0 heterocycles.